The molecule has 132 valence electrons. The van der Waals surface area contributed by atoms with E-state index in [1.54, 1.807) is 33.1 Å². The molecule has 6 heteroatoms. The molecule has 0 N–H and O–H groups in total. The number of benzene rings is 2. The molecule has 0 aliphatic rings. The first-order valence-corrected chi connectivity index (χ1v) is 7.90. The molecule has 25 heavy (non-hydrogen) atoms. The minimum absolute atomic E-state index is 0.221. The van der Waals surface area contributed by atoms with Crippen molar-refractivity contribution in [2.24, 2.45) is 5.10 Å². The van der Waals surface area contributed by atoms with Gasteiger partial charge < -0.3 is 14.2 Å². The van der Waals surface area contributed by atoms with Crippen LogP contribution < -0.4 is 14.5 Å². The van der Waals surface area contributed by atoms with Gasteiger partial charge in [-0.15, -0.1) is 0 Å². The van der Waals surface area contributed by atoms with E-state index in [4.69, 9.17) is 14.2 Å². The lowest BCUT2D eigenvalue weighted by atomic mass is 10.2. The molecule has 0 heterocycles. The summed E-state index contributed by atoms with van der Waals surface area (Å²) in [6, 6.07) is 14.9. The van der Waals surface area contributed by atoms with Gasteiger partial charge in [0.25, 0.3) is 0 Å². The van der Waals surface area contributed by atoms with Crippen LogP contribution in [0.1, 0.15) is 13.8 Å². The summed E-state index contributed by atoms with van der Waals surface area (Å²) in [5.74, 6) is 0.671. The number of ether oxygens (including phenoxy) is 3. The highest BCUT2D eigenvalue weighted by atomic mass is 16.5. The van der Waals surface area contributed by atoms with Gasteiger partial charge in [0, 0.05) is 0 Å². The Kier molecular flexibility index (Phi) is 6.39. The van der Waals surface area contributed by atoms with Crippen LogP contribution in [0.3, 0.4) is 0 Å². The summed E-state index contributed by atoms with van der Waals surface area (Å²) in [7, 11) is 3.15. The maximum atomic E-state index is 12.0. The zero-order valence-corrected chi connectivity index (χ0v) is 14.9. The molecule has 0 spiro atoms. The van der Waals surface area contributed by atoms with Gasteiger partial charge in [0.2, 0.25) is 0 Å². The second-order valence-corrected chi connectivity index (χ2v) is 5.06. The highest BCUT2D eigenvalue weighted by molar-refractivity contribution is 6.35. The lowest BCUT2D eigenvalue weighted by molar-refractivity contribution is -0.135. The van der Waals surface area contributed by atoms with E-state index in [-0.39, 0.29) is 12.3 Å². The Morgan fingerprint density at radius 1 is 1.00 bits per heavy atom. The lowest BCUT2D eigenvalue weighted by Gasteiger charge is -2.24. The van der Waals surface area contributed by atoms with E-state index in [1.807, 2.05) is 48.5 Å². The standard InChI is InChI=1S/C19H22N2O4/c1-5-25-19(22)14(2)20-21(15-10-7-6-8-11-15)18-16(23-3)12-9-13-17(18)24-4/h6-13H,5H2,1-4H3/b20-14-. The van der Waals surface area contributed by atoms with Crippen molar-refractivity contribution in [2.45, 2.75) is 13.8 Å². The minimum Gasteiger partial charge on any atom is -0.494 e. The van der Waals surface area contributed by atoms with Gasteiger partial charge in [-0.3, -0.25) is 0 Å². The quantitative estimate of drug-likeness (QED) is 0.435. The summed E-state index contributed by atoms with van der Waals surface area (Å²) in [5, 5.41) is 6.08. The monoisotopic (exact) mass is 342 g/mol. The number of methoxy groups -OCH3 is 2. The Morgan fingerprint density at radius 2 is 1.60 bits per heavy atom. The molecule has 0 bridgehead atoms. The van der Waals surface area contributed by atoms with Gasteiger partial charge in [-0.2, -0.15) is 5.10 Å². The zero-order valence-electron chi connectivity index (χ0n) is 14.9. The van der Waals surface area contributed by atoms with Crippen LogP contribution in [0.25, 0.3) is 0 Å². The number of carbonyl (C=O) groups is 1. The molecule has 0 radical (unpaired) electrons. The number of rotatable bonds is 7. The third-order valence-electron chi connectivity index (χ3n) is 3.44. The molecule has 0 fully saturated rings. The van der Waals surface area contributed by atoms with E-state index in [0.717, 1.165) is 5.69 Å². The van der Waals surface area contributed by atoms with Gasteiger partial charge in [-0.1, -0.05) is 24.3 Å². The molecule has 0 saturated carbocycles. The van der Waals surface area contributed by atoms with Gasteiger partial charge in [0.1, 0.15) is 22.9 Å². The van der Waals surface area contributed by atoms with Crippen molar-refractivity contribution in [3.63, 3.8) is 0 Å². The average Bonchev–Trinajstić information content (AvgIpc) is 2.66. The topological polar surface area (TPSA) is 60.4 Å². The molecule has 0 atom stereocenters. The molecule has 0 aromatic heterocycles. The van der Waals surface area contributed by atoms with E-state index in [9.17, 15) is 4.79 Å². The molecule has 2 aromatic rings. The normalized spacial score (nSPS) is 11.0. The molecular weight excluding hydrogens is 320 g/mol. The third-order valence-corrected chi connectivity index (χ3v) is 3.44. The molecule has 2 rings (SSSR count). The van der Waals surface area contributed by atoms with Crippen molar-refractivity contribution < 1.29 is 19.0 Å². The highest BCUT2D eigenvalue weighted by Crippen LogP contribution is 2.41. The molecule has 0 aliphatic heterocycles. The number of esters is 1. The van der Waals surface area contributed by atoms with Crippen LogP contribution in [0.5, 0.6) is 11.5 Å². The Labute approximate surface area is 147 Å². The van der Waals surface area contributed by atoms with Crippen molar-refractivity contribution in [1.82, 2.24) is 0 Å². The van der Waals surface area contributed by atoms with Crippen LogP contribution in [0.4, 0.5) is 11.4 Å². The van der Waals surface area contributed by atoms with Crippen molar-refractivity contribution in [3.05, 3.63) is 48.5 Å². The first-order chi connectivity index (χ1) is 12.1. The Hall–Kier alpha value is -3.02. The number of nitrogens with zero attached hydrogens (tertiary/aromatic N) is 2. The van der Waals surface area contributed by atoms with Gasteiger partial charge in [0.05, 0.1) is 26.5 Å². The molecule has 0 unspecified atom stereocenters. The maximum Gasteiger partial charge on any atom is 0.354 e. The van der Waals surface area contributed by atoms with Gasteiger partial charge in [-0.25, -0.2) is 9.80 Å². The van der Waals surface area contributed by atoms with E-state index >= 15 is 0 Å². The number of hydrogen-bond acceptors (Lipinski definition) is 6. The van der Waals surface area contributed by atoms with E-state index in [2.05, 4.69) is 5.10 Å². The fraction of sp³-hybridized carbons (Fsp3) is 0.263. The van der Waals surface area contributed by atoms with Crippen LogP contribution in [-0.4, -0.2) is 32.5 Å². The number of anilines is 2. The summed E-state index contributed by atoms with van der Waals surface area (Å²) in [6.07, 6.45) is 0. The van der Waals surface area contributed by atoms with E-state index in [0.29, 0.717) is 17.2 Å². The summed E-state index contributed by atoms with van der Waals surface area (Å²) < 4.78 is 16.0. The number of para-hydroxylation sites is 2. The Bertz CT molecular complexity index is 722. The Balaban J connectivity index is 2.62. The van der Waals surface area contributed by atoms with Crippen molar-refractivity contribution in [2.75, 3.05) is 25.8 Å². The highest BCUT2D eigenvalue weighted by Gasteiger charge is 2.20. The fourth-order valence-corrected chi connectivity index (χ4v) is 2.27. The summed E-state index contributed by atoms with van der Waals surface area (Å²) >= 11 is 0. The fourth-order valence-electron chi connectivity index (χ4n) is 2.27. The molecular formula is C19H22N2O4. The Morgan fingerprint density at radius 3 is 2.12 bits per heavy atom. The van der Waals surface area contributed by atoms with Gasteiger partial charge in [0.15, 0.2) is 0 Å². The first kappa shape index (κ1) is 18.3. The van der Waals surface area contributed by atoms with Gasteiger partial charge in [-0.05, 0) is 38.1 Å². The third kappa shape index (κ3) is 4.29. The summed E-state index contributed by atoms with van der Waals surface area (Å²) in [6.45, 7) is 3.65. The maximum absolute atomic E-state index is 12.0. The van der Waals surface area contributed by atoms with E-state index < -0.39 is 5.97 Å². The van der Waals surface area contributed by atoms with Gasteiger partial charge >= 0.3 is 5.97 Å². The van der Waals surface area contributed by atoms with E-state index in [1.165, 1.54) is 0 Å². The van der Waals surface area contributed by atoms with Crippen molar-refractivity contribution in [1.29, 1.82) is 0 Å². The minimum atomic E-state index is -0.475. The molecule has 0 saturated heterocycles. The lowest BCUT2D eigenvalue weighted by Crippen LogP contribution is -2.20. The predicted octanol–water partition coefficient (Wildman–Crippen LogP) is 3.78. The SMILES string of the molecule is CCOC(=O)/C(C)=N\N(c1ccccc1)c1c(OC)cccc1OC. The number of hydrazone groups is 1. The second-order valence-electron chi connectivity index (χ2n) is 5.06. The number of hydrogen-bond donors (Lipinski definition) is 0. The van der Waals surface area contributed by atoms with Crippen LogP contribution in [0.2, 0.25) is 0 Å². The summed E-state index contributed by atoms with van der Waals surface area (Å²) in [4.78, 5) is 12.0. The average molecular weight is 342 g/mol. The first-order valence-electron chi connectivity index (χ1n) is 7.90. The molecule has 2 aromatic carbocycles. The van der Waals surface area contributed by atoms with Crippen LogP contribution in [-0.2, 0) is 9.53 Å². The number of carbonyl (C=O) groups excluding carboxylic acids is 1. The van der Waals surface area contributed by atoms with Crippen molar-refractivity contribution in [3.8, 4) is 11.5 Å². The zero-order chi connectivity index (χ0) is 18.2. The smallest absolute Gasteiger partial charge is 0.354 e. The van der Waals surface area contributed by atoms with Crippen LogP contribution >= 0.6 is 0 Å². The summed E-state index contributed by atoms with van der Waals surface area (Å²) in [5.41, 5.74) is 1.58. The van der Waals surface area contributed by atoms with Crippen molar-refractivity contribution >= 4 is 23.1 Å². The van der Waals surface area contributed by atoms with Crippen LogP contribution in [0, 0.1) is 0 Å². The molecule has 0 amide bonds. The molecule has 0 aliphatic carbocycles. The predicted molar refractivity (Wildman–Crippen MR) is 97.9 cm³/mol. The van der Waals surface area contributed by atoms with Crippen LogP contribution in [0.15, 0.2) is 53.6 Å². The second kappa shape index (κ2) is 8.73. The molecule has 6 nitrogen and oxygen atoms in total. The largest absolute Gasteiger partial charge is 0.494 e.